The van der Waals surface area contributed by atoms with E-state index in [0.717, 1.165) is 11.8 Å². The van der Waals surface area contributed by atoms with Gasteiger partial charge < -0.3 is 19.8 Å². The van der Waals surface area contributed by atoms with Crippen molar-refractivity contribution in [3.8, 4) is 0 Å². The van der Waals surface area contributed by atoms with Gasteiger partial charge in [-0.25, -0.2) is 4.79 Å². The maximum atomic E-state index is 12.2. The van der Waals surface area contributed by atoms with Crippen LogP contribution in [0.3, 0.4) is 0 Å². The van der Waals surface area contributed by atoms with Crippen LogP contribution in [0.15, 0.2) is 57.3 Å². The molecule has 2 amide bonds. The zero-order chi connectivity index (χ0) is 20.6. The fourth-order valence-electron chi connectivity index (χ4n) is 2.37. The van der Waals surface area contributed by atoms with Crippen LogP contribution in [-0.4, -0.2) is 41.0 Å². The first-order valence-corrected chi connectivity index (χ1v) is 9.62. The van der Waals surface area contributed by atoms with Crippen molar-refractivity contribution in [1.82, 2.24) is 5.32 Å². The molecular formula is C19H18N4O5S. The molecule has 10 heteroatoms. The number of ether oxygens (including phenoxy) is 1. The molecular weight excluding hydrogens is 396 g/mol. The molecule has 3 rings (SSSR count). The van der Waals surface area contributed by atoms with E-state index in [-0.39, 0.29) is 24.8 Å². The Bertz CT molecular complexity index is 938. The number of carbonyl (C=O) groups is 3. The lowest BCUT2D eigenvalue weighted by Crippen LogP contribution is -2.28. The van der Waals surface area contributed by atoms with E-state index in [4.69, 9.17) is 9.15 Å². The van der Waals surface area contributed by atoms with Gasteiger partial charge in [0.25, 0.3) is 0 Å². The van der Waals surface area contributed by atoms with Crippen LogP contribution in [0.25, 0.3) is 0 Å². The summed E-state index contributed by atoms with van der Waals surface area (Å²) >= 11 is 1.13. The molecule has 0 spiro atoms. The molecule has 2 aromatic rings. The number of nitrogens with zero attached hydrogens (tertiary/aromatic N) is 2. The second-order valence-electron chi connectivity index (χ2n) is 5.81. The van der Waals surface area contributed by atoms with Crippen molar-refractivity contribution in [2.45, 2.75) is 18.6 Å². The zero-order valence-corrected chi connectivity index (χ0v) is 16.3. The molecule has 29 heavy (non-hydrogen) atoms. The third kappa shape index (κ3) is 5.79. The summed E-state index contributed by atoms with van der Waals surface area (Å²) in [7, 11) is 0. The summed E-state index contributed by atoms with van der Waals surface area (Å²) in [5, 5.41) is 12.7. The van der Waals surface area contributed by atoms with Crippen molar-refractivity contribution < 1.29 is 23.5 Å². The average Bonchev–Trinajstić information content (AvgIpc) is 3.33. The first-order valence-electron chi connectivity index (χ1n) is 8.74. The summed E-state index contributed by atoms with van der Waals surface area (Å²) in [6.07, 6.45) is 2.90. The van der Waals surface area contributed by atoms with Gasteiger partial charge in [0, 0.05) is 12.1 Å². The molecule has 1 aromatic heterocycles. The van der Waals surface area contributed by atoms with E-state index < -0.39 is 11.2 Å². The van der Waals surface area contributed by atoms with Gasteiger partial charge in [0.1, 0.15) is 11.0 Å². The predicted molar refractivity (Wildman–Crippen MR) is 109 cm³/mol. The van der Waals surface area contributed by atoms with E-state index in [1.54, 1.807) is 43.3 Å². The highest BCUT2D eigenvalue weighted by Gasteiger charge is 2.32. The van der Waals surface area contributed by atoms with Crippen LogP contribution in [0, 0.1) is 0 Å². The third-order valence-corrected chi connectivity index (χ3v) is 4.78. The quantitative estimate of drug-likeness (QED) is 0.408. The smallest absolute Gasteiger partial charge is 0.338 e. The van der Waals surface area contributed by atoms with Gasteiger partial charge in [-0.2, -0.15) is 5.10 Å². The van der Waals surface area contributed by atoms with Crippen LogP contribution >= 0.6 is 11.8 Å². The molecule has 1 saturated heterocycles. The lowest BCUT2D eigenvalue weighted by Gasteiger charge is -2.08. The lowest BCUT2D eigenvalue weighted by molar-refractivity contribution is -0.122. The Balaban J connectivity index is 1.51. The number of thioether (sulfide) groups is 1. The Labute approximate surface area is 170 Å². The summed E-state index contributed by atoms with van der Waals surface area (Å²) in [6, 6.07) is 9.76. The summed E-state index contributed by atoms with van der Waals surface area (Å²) in [5.41, 5.74) is 0.912. The highest BCUT2D eigenvalue weighted by Crippen LogP contribution is 2.23. The number of carbonyl (C=O) groups excluding carboxylic acids is 3. The van der Waals surface area contributed by atoms with Gasteiger partial charge in [-0.15, -0.1) is 5.10 Å². The number of hydrogen-bond donors (Lipinski definition) is 2. The Morgan fingerprint density at radius 2 is 2.10 bits per heavy atom. The summed E-state index contributed by atoms with van der Waals surface area (Å²) < 4.78 is 10.00. The first kappa shape index (κ1) is 20.3. The van der Waals surface area contributed by atoms with E-state index in [0.29, 0.717) is 22.2 Å². The van der Waals surface area contributed by atoms with Gasteiger partial charge in [0.15, 0.2) is 5.17 Å². The van der Waals surface area contributed by atoms with Gasteiger partial charge in [0.2, 0.25) is 11.8 Å². The molecule has 0 unspecified atom stereocenters. The van der Waals surface area contributed by atoms with E-state index in [1.807, 2.05) is 0 Å². The van der Waals surface area contributed by atoms with Crippen LogP contribution in [-0.2, 0) is 14.3 Å². The molecule has 1 aromatic carbocycles. The molecule has 0 radical (unpaired) electrons. The number of rotatable bonds is 7. The molecule has 0 saturated carbocycles. The normalized spacial score (nSPS) is 17.5. The predicted octanol–water partition coefficient (Wildman–Crippen LogP) is 2.41. The average molecular weight is 414 g/mol. The Morgan fingerprint density at radius 1 is 1.31 bits per heavy atom. The molecule has 1 fully saturated rings. The minimum atomic E-state index is -0.605. The number of amidine groups is 1. The van der Waals surface area contributed by atoms with Crippen molar-refractivity contribution in [3.05, 3.63) is 54.0 Å². The number of esters is 1. The molecule has 2 heterocycles. The van der Waals surface area contributed by atoms with Crippen LogP contribution in [0.2, 0.25) is 0 Å². The summed E-state index contributed by atoms with van der Waals surface area (Å²) in [5.74, 6) is -0.531. The van der Waals surface area contributed by atoms with Crippen molar-refractivity contribution >= 4 is 46.6 Å². The SMILES string of the molecule is CCOC(=O)c1ccc(NC(=O)C[C@H]2S/C(=N\N=C/c3ccco3)NC2=O)cc1. The molecule has 1 aliphatic rings. The Hall–Kier alpha value is -3.40. The molecule has 0 aliphatic carbocycles. The summed E-state index contributed by atoms with van der Waals surface area (Å²) in [6.45, 7) is 2.02. The maximum Gasteiger partial charge on any atom is 0.338 e. The fourth-order valence-corrected chi connectivity index (χ4v) is 3.30. The second kappa shape index (κ2) is 9.69. The van der Waals surface area contributed by atoms with Gasteiger partial charge in [-0.1, -0.05) is 11.8 Å². The van der Waals surface area contributed by atoms with Crippen LogP contribution in [0.4, 0.5) is 5.69 Å². The van der Waals surface area contributed by atoms with Crippen molar-refractivity contribution in [2.75, 3.05) is 11.9 Å². The van der Waals surface area contributed by atoms with Gasteiger partial charge in [0.05, 0.1) is 24.6 Å². The van der Waals surface area contributed by atoms with Crippen molar-refractivity contribution in [2.24, 2.45) is 10.2 Å². The van der Waals surface area contributed by atoms with E-state index in [2.05, 4.69) is 20.8 Å². The Kier molecular flexibility index (Phi) is 6.80. The van der Waals surface area contributed by atoms with Gasteiger partial charge in [-0.05, 0) is 43.3 Å². The monoisotopic (exact) mass is 414 g/mol. The zero-order valence-electron chi connectivity index (χ0n) is 15.5. The highest BCUT2D eigenvalue weighted by molar-refractivity contribution is 8.15. The van der Waals surface area contributed by atoms with Crippen molar-refractivity contribution in [3.63, 3.8) is 0 Å². The Morgan fingerprint density at radius 3 is 2.79 bits per heavy atom. The molecule has 150 valence electrons. The number of anilines is 1. The largest absolute Gasteiger partial charge is 0.463 e. The second-order valence-corrected chi connectivity index (χ2v) is 7.00. The number of benzene rings is 1. The first-order chi connectivity index (χ1) is 14.0. The summed E-state index contributed by atoms with van der Waals surface area (Å²) in [4.78, 5) is 35.9. The van der Waals surface area contributed by atoms with E-state index in [9.17, 15) is 14.4 Å². The lowest BCUT2D eigenvalue weighted by atomic mass is 10.2. The number of furan rings is 1. The van der Waals surface area contributed by atoms with E-state index >= 15 is 0 Å². The molecule has 0 bridgehead atoms. The van der Waals surface area contributed by atoms with Gasteiger partial charge >= 0.3 is 5.97 Å². The standard InChI is InChI=1S/C19H18N4O5S/c1-2-27-18(26)12-5-7-13(8-6-12)21-16(24)10-15-17(25)22-19(29-15)23-20-11-14-4-3-9-28-14/h3-9,11,15H,2,10H2,1H3,(H,21,24)(H,22,23,25)/b20-11-/t15-/m1/s1. The number of nitrogens with one attached hydrogen (secondary N) is 2. The molecule has 9 nitrogen and oxygen atoms in total. The number of amides is 2. The highest BCUT2D eigenvalue weighted by atomic mass is 32.2. The molecule has 2 N–H and O–H groups in total. The minimum Gasteiger partial charge on any atom is -0.463 e. The topological polar surface area (TPSA) is 122 Å². The van der Waals surface area contributed by atoms with Crippen LogP contribution in [0.5, 0.6) is 0 Å². The van der Waals surface area contributed by atoms with Crippen LogP contribution in [0.1, 0.15) is 29.5 Å². The third-order valence-electron chi connectivity index (χ3n) is 3.70. The van der Waals surface area contributed by atoms with Crippen molar-refractivity contribution in [1.29, 1.82) is 0 Å². The number of hydrogen-bond acceptors (Lipinski definition) is 8. The van der Waals surface area contributed by atoms with Gasteiger partial charge in [-0.3, -0.25) is 9.59 Å². The van der Waals surface area contributed by atoms with Crippen LogP contribution < -0.4 is 10.6 Å². The molecule has 1 atom stereocenters. The maximum absolute atomic E-state index is 12.2. The van der Waals surface area contributed by atoms with E-state index in [1.165, 1.54) is 12.5 Å². The molecule has 1 aliphatic heterocycles. The minimum absolute atomic E-state index is 0.0307. The fraction of sp³-hybridized carbons (Fsp3) is 0.211.